The Morgan fingerprint density at radius 1 is 1.13 bits per heavy atom. The van der Waals surface area contributed by atoms with Crippen molar-refractivity contribution in [3.8, 4) is 0 Å². The molecule has 1 amide bonds. The number of carbonyl (C=O) groups is 1. The zero-order valence-corrected chi connectivity index (χ0v) is 17.4. The summed E-state index contributed by atoms with van der Waals surface area (Å²) in [5.41, 5.74) is 2.68. The third-order valence-electron chi connectivity index (χ3n) is 4.98. The van der Waals surface area contributed by atoms with E-state index in [4.69, 9.17) is 0 Å². The Morgan fingerprint density at radius 2 is 1.90 bits per heavy atom. The molecule has 152 valence electrons. The highest BCUT2D eigenvalue weighted by atomic mass is 16.1. The van der Waals surface area contributed by atoms with Gasteiger partial charge in [-0.2, -0.15) is 0 Å². The Hall–Kier alpha value is -3.66. The topological polar surface area (TPSA) is 54.0 Å². The summed E-state index contributed by atoms with van der Waals surface area (Å²) < 4.78 is 0. The molecule has 0 aliphatic heterocycles. The van der Waals surface area contributed by atoms with Crippen LogP contribution in [0.3, 0.4) is 0 Å². The fourth-order valence-electron chi connectivity index (χ4n) is 3.25. The Labute approximate surface area is 178 Å². The zero-order valence-electron chi connectivity index (χ0n) is 17.4. The fraction of sp³-hybridized carbons (Fsp3) is 0.154. The van der Waals surface area contributed by atoms with Gasteiger partial charge in [-0.15, -0.1) is 0 Å². The minimum absolute atomic E-state index is 0.0835. The SMILES string of the molecule is C=C/C=C\C(=C/C)C(C)CNC(=O)c1ccc(Nc2nccc3ccccc23)cc1. The van der Waals surface area contributed by atoms with Gasteiger partial charge in [0.2, 0.25) is 0 Å². The predicted molar refractivity (Wildman–Crippen MR) is 126 cm³/mol. The van der Waals surface area contributed by atoms with Gasteiger partial charge in [-0.3, -0.25) is 4.79 Å². The number of hydrogen-bond donors (Lipinski definition) is 2. The predicted octanol–water partition coefficient (Wildman–Crippen LogP) is 6.03. The number of benzene rings is 2. The van der Waals surface area contributed by atoms with Crippen LogP contribution in [0.2, 0.25) is 0 Å². The van der Waals surface area contributed by atoms with Gasteiger partial charge in [0.15, 0.2) is 0 Å². The number of fused-ring (bicyclic) bond motifs is 1. The molecule has 0 spiro atoms. The molecule has 1 aromatic heterocycles. The van der Waals surface area contributed by atoms with Crippen LogP contribution in [0.5, 0.6) is 0 Å². The maximum absolute atomic E-state index is 12.5. The molecule has 0 saturated heterocycles. The van der Waals surface area contributed by atoms with E-state index < -0.39 is 0 Å². The summed E-state index contributed by atoms with van der Waals surface area (Å²) in [6, 6.07) is 17.5. The van der Waals surface area contributed by atoms with E-state index >= 15 is 0 Å². The second-order valence-electron chi connectivity index (χ2n) is 7.08. The van der Waals surface area contributed by atoms with Gasteiger partial charge < -0.3 is 10.6 Å². The van der Waals surface area contributed by atoms with Crippen LogP contribution in [0, 0.1) is 5.92 Å². The minimum atomic E-state index is -0.0835. The van der Waals surface area contributed by atoms with Crippen LogP contribution in [0.25, 0.3) is 10.8 Å². The molecule has 4 nitrogen and oxygen atoms in total. The van der Waals surface area contributed by atoms with E-state index in [-0.39, 0.29) is 11.8 Å². The Bertz CT molecular complexity index is 1080. The van der Waals surface area contributed by atoms with E-state index in [0.29, 0.717) is 12.1 Å². The summed E-state index contributed by atoms with van der Waals surface area (Å²) in [5.74, 6) is 0.930. The molecule has 0 bridgehead atoms. The molecule has 3 aromatic rings. The summed E-state index contributed by atoms with van der Waals surface area (Å²) >= 11 is 0. The highest BCUT2D eigenvalue weighted by Crippen LogP contribution is 2.24. The lowest BCUT2D eigenvalue weighted by Gasteiger charge is -2.14. The molecule has 30 heavy (non-hydrogen) atoms. The second kappa shape index (κ2) is 10.2. The molecular formula is C26H27N3O. The molecule has 0 fully saturated rings. The van der Waals surface area contributed by atoms with Crippen LogP contribution in [-0.4, -0.2) is 17.4 Å². The van der Waals surface area contributed by atoms with Gasteiger partial charge in [0, 0.05) is 29.4 Å². The molecule has 4 heteroatoms. The van der Waals surface area contributed by atoms with Gasteiger partial charge in [-0.1, -0.05) is 62.1 Å². The van der Waals surface area contributed by atoms with Gasteiger partial charge >= 0.3 is 0 Å². The van der Waals surface area contributed by atoms with Crippen LogP contribution in [0.1, 0.15) is 24.2 Å². The first-order valence-corrected chi connectivity index (χ1v) is 10.1. The first-order valence-electron chi connectivity index (χ1n) is 10.1. The standard InChI is InChI=1S/C26H27N3O/c1-4-6-9-20(5-2)19(3)18-28-26(30)22-12-14-23(15-13-22)29-25-24-11-8-7-10-21(24)16-17-27-25/h4-17,19H,1,18H2,2-3H3,(H,27,29)(H,28,30)/b9-6-,20-5+. The summed E-state index contributed by atoms with van der Waals surface area (Å²) in [6.07, 6.45) is 9.52. The highest BCUT2D eigenvalue weighted by molar-refractivity contribution is 5.95. The number of rotatable bonds is 8. The van der Waals surface area contributed by atoms with Crippen molar-refractivity contribution in [2.45, 2.75) is 13.8 Å². The molecule has 2 N–H and O–H groups in total. The van der Waals surface area contributed by atoms with Crippen LogP contribution >= 0.6 is 0 Å². The van der Waals surface area contributed by atoms with E-state index in [0.717, 1.165) is 27.9 Å². The Balaban J connectivity index is 1.63. The molecule has 1 heterocycles. The monoisotopic (exact) mass is 397 g/mol. The number of allylic oxidation sites excluding steroid dienone is 4. The van der Waals surface area contributed by atoms with Gasteiger partial charge in [0.25, 0.3) is 5.91 Å². The largest absolute Gasteiger partial charge is 0.351 e. The number of carbonyl (C=O) groups excluding carboxylic acids is 1. The lowest BCUT2D eigenvalue weighted by atomic mass is 10.00. The van der Waals surface area contributed by atoms with Crippen molar-refractivity contribution in [3.63, 3.8) is 0 Å². The number of hydrogen-bond acceptors (Lipinski definition) is 3. The number of aromatic nitrogens is 1. The number of amides is 1. The lowest BCUT2D eigenvalue weighted by molar-refractivity contribution is 0.0950. The van der Waals surface area contributed by atoms with E-state index in [2.05, 4.69) is 41.3 Å². The first kappa shape index (κ1) is 21.1. The third-order valence-corrected chi connectivity index (χ3v) is 4.98. The second-order valence-corrected chi connectivity index (χ2v) is 7.08. The average molecular weight is 398 g/mol. The van der Waals surface area contributed by atoms with E-state index in [1.54, 1.807) is 12.3 Å². The molecule has 3 rings (SSSR count). The number of nitrogens with zero attached hydrogens (tertiary/aromatic N) is 1. The van der Waals surface area contributed by atoms with E-state index in [1.807, 2.05) is 67.6 Å². The zero-order chi connectivity index (χ0) is 21.3. The van der Waals surface area contributed by atoms with Crippen molar-refractivity contribution in [2.24, 2.45) is 5.92 Å². The molecule has 0 aliphatic carbocycles. The van der Waals surface area contributed by atoms with Crippen LogP contribution in [0.15, 0.2) is 97.3 Å². The van der Waals surface area contributed by atoms with E-state index in [1.165, 1.54) is 0 Å². The van der Waals surface area contributed by atoms with Gasteiger partial charge in [-0.25, -0.2) is 4.98 Å². The summed E-state index contributed by atoms with van der Waals surface area (Å²) in [6.45, 7) is 8.35. The molecule has 0 aliphatic rings. The maximum Gasteiger partial charge on any atom is 0.251 e. The first-order chi connectivity index (χ1) is 14.6. The van der Waals surface area contributed by atoms with Crippen LogP contribution in [0.4, 0.5) is 11.5 Å². The highest BCUT2D eigenvalue weighted by Gasteiger charge is 2.10. The summed E-state index contributed by atoms with van der Waals surface area (Å²) in [4.78, 5) is 17.0. The average Bonchev–Trinajstić information content (AvgIpc) is 2.78. The number of nitrogens with one attached hydrogen (secondary N) is 2. The van der Waals surface area contributed by atoms with Crippen molar-refractivity contribution in [2.75, 3.05) is 11.9 Å². The van der Waals surface area contributed by atoms with Crippen molar-refractivity contribution in [3.05, 3.63) is 103 Å². The lowest BCUT2D eigenvalue weighted by Crippen LogP contribution is -2.28. The third kappa shape index (κ3) is 5.23. The smallest absolute Gasteiger partial charge is 0.251 e. The molecule has 2 aromatic carbocycles. The van der Waals surface area contributed by atoms with Gasteiger partial charge in [0.1, 0.15) is 5.82 Å². The van der Waals surface area contributed by atoms with Gasteiger partial charge in [0.05, 0.1) is 0 Å². The van der Waals surface area contributed by atoms with E-state index in [9.17, 15) is 4.79 Å². The van der Waals surface area contributed by atoms with Crippen LogP contribution in [-0.2, 0) is 0 Å². The Morgan fingerprint density at radius 3 is 2.63 bits per heavy atom. The molecular weight excluding hydrogens is 370 g/mol. The molecule has 0 radical (unpaired) electrons. The van der Waals surface area contributed by atoms with Crippen molar-refractivity contribution < 1.29 is 4.79 Å². The van der Waals surface area contributed by atoms with Crippen LogP contribution < -0.4 is 10.6 Å². The quantitative estimate of drug-likeness (QED) is 0.456. The molecule has 1 atom stereocenters. The normalized spacial score (nSPS) is 12.7. The minimum Gasteiger partial charge on any atom is -0.351 e. The number of pyridine rings is 1. The van der Waals surface area contributed by atoms with Crippen molar-refractivity contribution in [1.82, 2.24) is 10.3 Å². The fourth-order valence-corrected chi connectivity index (χ4v) is 3.25. The van der Waals surface area contributed by atoms with Gasteiger partial charge in [-0.05, 0) is 54.1 Å². The number of anilines is 2. The Kier molecular flexibility index (Phi) is 7.17. The molecule has 0 saturated carbocycles. The maximum atomic E-state index is 12.5. The summed E-state index contributed by atoms with van der Waals surface area (Å²) in [7, 11) is 0. The summed E-state index contributed by atoms with van der Waals surface area (Å²) in [5, 5.41) is 8.54. The molecule has 1 unspecified atom stereocenters. The van der Waals surface area contributed by atoms with Crippen molar-refractivity contribution in [1.29, 1.82) is 0 Å². The van der Waals surface area contributed by atoms with Crippen molar-refractivity contribution >= 4 is 28.2 Å².